The first kappa shape index (κ1) is 13.6. The number of nitriles is 1. The van der Waals surface area contributed by atoms with E-state index in [1.54, 1.807) is 12.1 Å². The molecule has 1 N–H and O–H groups in total. The summed E-state index contributed by atoms with van der Waals surface area (Å²) in [5.74, 6) is -0.290. The highest BCUT2D eigenvalue weighted by atomic mass is 19.1. The summed E-state index contributed by atoms with van der Waals surface area (Å²) in [6, 6.07) is 7.74. The van der Waals surface area contributed by atoms with Crippen LogP contribution >= 0.6 is 0 Å². The Morgan fingerprint density at radius 3 is 2.71 bits per heavy atom. The third kappa shape index (κ3) is 4.94. The van der Waals surface area contributed by atoms with Crippen LogP contribution in [0.4, 0.5) is 4.39 Å². The Kier molecular flexibility index (Phi) is 6.23. The lowest BCUT2D eigenvalue weighted by molar-refractivity contribution is 0.144. The van der Waals surface area contributed by atoms with Crippen LogP contribution in [0.1, 0.15) is 24.9 Å². The van der Waals surface area contributed by atoms with Gasteiger partial charge in [-0.3, -0.25) is 5.32 Å². The molecule has 0 aliphatic carbocycles. The molecule has 1 atom stereocenters. The molecule has 0 radical (unpaired) electrons. The van der Waals surface area contributed by atoms with Crippen molar-refractivity contribution in [3.05, 3.63) is 35.6 Å². The normalized spacial score (nSPS) is 12.1. The quantitative estimate of drug-likeness (QED) is 0.739. The van der Waals surface area contributed by atoms with Crippen molar-refractivity contribution in [2.45, 2.75) is 19.4 Å². The van der Waals surface area contributed by atoms with Gasteiger partial charge in [0, 0.05) is 13.2 Å². The summed E-state index contributed by atoms with van der Waals surface area (Å²) in [5.41, 5.74) is 0.783. The van der Waals surface area contributed by atoms with Gasteiger partial charge < -0.3 is 4.74 Å². The average molecular weight is 236 g/mol. The van der Waals surface area contributed by atoms with Gasteiger partial charge in [0.2, 0.25) is 0 Å². The molecular weight excluding hydrogens is 219 g/mol. The number of hydrogen-bond donors (Lipinski definition) is 1. The SMILES string of the molecule is CCOCCCNC(C#N)c1ccc(F)cc1. The molecule has 0 aliphatic rings. The molecule has 0 amide bonds. The Balaban J connectivity index is 2.39. The first-order chi connectivity index (χ1) is 8.27. The summed E-state index contributed by atoms with van der Waals surface area (Å²) < 4.78 is 17.9. The van der Waals surface area contributed by atoms with Gasteiger partial charge in [-0.05, 0) is 37.6 Å². The first-order valence-electron chi connectivity index (χ1n) is 5.74. The lowest BCUT2D eigenvalue weighted by atomic mass is 10.1. The summed E-state index contributed by atoms with van der Waals surface area (Å²) in [7, 11) is 0. The van der Waals surface area contributed by atoms with E-state index in [1.807, 2.05) is 6.92 Å². The summed E-state index contributed by atoms with van der Waals surface area (Å²) in [4.78, 5) is 0. The first-order valence-corrected chi connectivity index (χ1v) is 5.74. The number of nitrogens with one attached hydrogen (secondary N) is 1. The Labute approximate surface area is 101 Å². The van der Waals surface area contributed by atoms with Crippen molar-refractivity contribution in [2.75, 3.05) is 19.8 Å². The Bertz CT molecular complexity index is 359. The van der Waals surface area contributed by atoms with Crippen LogP contribution in [0.2, 0.25) is 0 Å². The van der Waals surface area contributed by atoms with Crippen molar-refractivity contribution in [1.29, 1.82) is 5.26 Å². The number of halogens is 1. The zero-order valence-corrected chi connectivity index (χ0v) is 9.95. The van der Waals surface area contributed by atoms with Crippen LogP contribution in [-0.2, 0) is 4.74 Å². The highest BCUT2D eigenvalue weighted by molar-refractivity contribution is 5.24. The van der Waals surface area contributed by atoms with Crippen LogP contribution in [0.15, 0.2) is 24.3 Å². The van der Waals surface area contributed by atoms with Crippen LogP contribution in [0.25, 0.3) is 0 Å². The fourth-order valence-corrected chi connectivity index (χ4v) is 1.46. The Morgan fingerprint density at radius 2 is 2.12 bits per heavy atom. The predicted molar refractivity (Wildman–Crippen MR) is 63.9 cm³/mol. The van der Waals surface area contributed by atoms with Crippen LogP contribution in [-0.4, -0.2) is 19.8 Å². The van der Waals surface area contributed by atoms with E-state index in [-0.39, 0.29) is 5.82 Å². The van der Waals surface area contributed by atoms with E-state index >= 15 is 0 Å². The average Bonchev–Trinajstić information content (AvgIpc) is 2.35. The summed E-state index contributed by atoms with van der Waals surface area (Å²) in [6.45, 7) is 4.05. The van der Waals surface area contributed by atoms with E-state index in [9.17, 15) is 4.39 Å². The molecule has 1 unspecified atom stereocenters. The van der Waals surface area contributed by atoms with Gasteiger partial charge >= 0.3 is 0 Å². The lowest BCUT2D eigenvalue weighted by Gasteiger charge is -2.11. The molecule has 0 bridgehead atoms. The van der Waals surface area contributed by atoms with Crippen molar-refractivity contribution in [2.24, 2.45) is 0 Å². The second-order valence-corrected chi connectivity index (χ2v) is 3.62. The summed E-state index contributed by atoms with van der Waals surface area (Å²) >= 11 is 0. The molecule has 92 valence electrons. The smallest absolute Gasteiger partial charge is 0.123 e. The minimum absolute atomic E-state index is 0.290. The van der Waals surface area contributed by atoms with E-state index in [4.69, 9.17) is 10.00 Å². The highest BCUT2D eigenvalue weighted by Crippen LogP contribution is 2.12. The zero-order chi connectivity index (χ0) is 12.5. The minimum Gasteiger partial charge on any atom is -0.382 e. The third-order valence-corrected chi connectivity index (χ3v) is 2.35. The van der Waals surface area contributed by atoms with Crippen LogP contribution < -0.4 is 5.32 Å². The maximum absolute atomic E-state index is 12.7. The number of hydrogen-bond acceptors (Lipinski definition) is 3. The molecule has 0 saturated heterocycles. The van der Waals surface area contributed by atoms with Crippen LogP contribution in [0.3, 0.4) is 0 Å². The third-order valence-electron chi connectivity index (χ3n) is 2.35. The number of rotatable bonds is 7. The van der Waals surface area contributed by atoms with Gasteiger partial charge in [0.15, 0.2) is 0 Å². The van der Waals surface area contributed by atoms with Gasteiger partial charge in [0.25, 0.3) is 0 Å². The van der Waals surface area contributed by atoms with E-state index in [0.29, 0.717) is 19.8 Å². The maximum Gasteiger partial charge on any atom is 0.123 e. The minimum atomic E-state index is -0.391. The molecule has 0 heterocycles. The summed E-state index contributed by atoms with van der Waals surface area (Å²) in [5, 5.41) is 12.1. The van der Waals surface area contributed by atoms with Gasteiger partial charge in [0.1, 0.15) is 11.9 Å². The molecule has 17 heavy (non-hydrogen) atoms. The molecule has 0 fully saturated rings. The lowest BCUT2D eigenvalue weighted by Crippen LogP contribution is -2.22. The molecule has 3 nitrogen and oxygen atoms in total. The standard InChI is InChI=1S/C13H17FN2O/c1-2-17-9-3-8-16-13(10-15)11-4-6-12(14)7-5-11/h4-7,13,16H,2-3,8-9H2,1H3. The van der Waals surface area contributed by atoms with Crippen LogP contribution in [0.5, 0.6) is 0 Å². The van der Waals surface area contributed by atoms with Gasteiger partial charge in [-0.1, -0.05) is 12.1 Å². The topological polar surface area (TPSA) is 45.0 Å². The maximum atomic E-state index is 12.7. The number of ether oxygens (including phenoxy) is 1. The fourth-order valence-electron chi connectivity index (χ4n) is 1.46. The largest absolute Gasteiger partial charge is 0.382 e. The van der Waals surface area contributed by atoms with Crippen LogP contribution in [0, 0.1) is 17.1 Å². The monoisotopic (exact) mass is 236 g/mol. The molecule has 1 rings (SSSR count). The second kappa shape index (κ2) is 7.77. The van der Waals surface area contributed by atoms with Gasteiger partial charge in [-0.2, -0.15) is 5.26 Å². The second-order valence-electron chi connectivity index (χ2n) is 3.62. The number of benzene rings is 1. The van der Waals surface area contributed by atoms with Gasteiger partial charge in [-0.15, -0.1) is 0 Å². The molecule has 4 heteroatoms. The van der Waals surface area contributed by atoms with E-state index in [2.05, 4.69) is 11.4 Å². The van der Waals surface area contributed by atoms with Gasteiger partial charge in [-0.25, -0.2) is 4.39 Å². The molecular formula is C13H17FN2O. The molecule has 0 saturated carbocycles. The molecule has 1 aromatic rings. The highest BCUT2D eigenvalue weighted by Gasteiger charge is 2.08. The van der Waals surface area contributed by atoms with Crippen molar-refractivity contribution < 1.29 is 9.13 Å². The van der Waals surface area contributed by atoms with Crippen molar-refractivity contribution >= 4 is 0 Å². The molecule has 0 aliphatic heterocycles. The molecule has 1 aromatic carbocycles. The summed E-state index contributed by atoms with van der Waals surface area (Å²) in [6.07, 6.45) is 0.854. The van der Waals surface area contributed by atoms with E-state index in [0.717, 1.165) is 12.0 Å². The molecule has 0 aromatic heterocycles. The number of nitrogens with zero attached hydrogens (tertiary/aromatic N) is 1. The Morgan fingerprint density at radius 1 is 1.41 bits per heavy atom. The Hall–Kier alpha value is -1.44. The fraction of sp³-hybridized carbons (Fsp3) is 0.462. The van der Waals surface area contributed by atoms with E-state index in [1.165, 1.54) is 12.1 Å². The van der Waals surface area contributed by atoms with Gasteiger partial charge in [0.05, 0.1) is 6.07 Å². The van der Waals surface area contributed by atoms with E-state index < -0.39 is 6.04 Å². The molecule has 0 spiro atoms. The van der Waals surface area contributed by atoms with Crippen molar-refractivity contribution in [3.63, 3.8) is 0 Å². The predicted octanol–water partition coefficient (Wildman–Crippen LogP) is 2.41. The van der Waals surface area contributed by atoms with Crippen molar-refractivity contribution in [3.8, 4) is 6.07 Å². The zero-order valence-electron chi connectivity index (χ0n) is 9.95. The van der Waals surface area contributed by atoms with Crippen molar-refractivity contribution in [1.82, 2.24) is 5.32 Å².